The van der Waals surface area contributed by atoms with Gasteiger partial charge in [-0.2, -0.15) is 0 Å². The zero-order valence-corrected chi connectivity index (χ0v) is 10.0. The van der Waals surface area contributed by atoms with Crippen molar-refractivity contribution in [1.82, 2.24) is 4.98 Å². The van der Waals surface area contributed by atoms with Crippen LogP contribution in [0.3, 0.4) is 0 Å². The molecule has 3 rings (SSSR count). The molecule has 1 fully saturated rings. The van der Waals surface area contributed by atoms with Gasteiger partial charge in [0.2, 0.25) is 0 Å². The summed E-state index contributed by atoms with van der Waals surface area (Å²) in [5.74, 6) is 0.954. The van der Waals surface area contributed by atoms with E-state index in [-0.39, 0.29) is 0 Å². The van der Waals surface area contributed by atoms with Crippen molar-refractivity contribution in [1.29, 1.82) is 0 Å². The molecule has 17 heavy (non-hydrogen) atoms. The van der Waals surface area contributed by atoms with E-state index in [0.717, 1.165) is 29.0 Å². The van der Waals surface area contributed by atoms with Crippen molar-refractivity contribution in [3.63, 3.8) is 0 Å². The lowest BCUT2D eigenvalue weighted by Crippen LogP contribution is -2.12. The van der Waals surface area contributed by atoms with Crippen molar-refractivity contribution in [2.75, 3.05) is 17.6 Å². The van der Waals surface area contributed by atoms with E-state index >= 15 is 0 Å². The van der Waals surface area contributed by atoms with Crippen LogP contribution in [0.5, 0.6) is 0 Å². The predicted octanol–water partition coefficient (Wildman–Crippen LogP) is 3.03. The number of fused-ring (bicyclic) bond motifs is 1. The minimum atomic E-state index is 0.498. The predicted molar refractivity (Wildman–Crippen MR) is 72.0 cm³/mol. The van der Waals surface area contributed by atoms with Crippen LogP contribution in [0.15, 0.2) is 30.3 Å². The number of nitrogen functional groups attached to an aromatic ring is 1. The first kappa shape index (κ1) is 10.4. The number of pyridine rings is 1. The summed E-state index contributed by atoms with van der Waals surface area (Å²) in [6.07, 6.45) is 2.65. The lowest BCUT2D eigenvalue weighted by atomic mass is 10.1. The Labute approximate surface area is 101 Å². The van der Waals surface area contributed by atoms with Crippen LogP contribution < -0.4 is 11.1 Å². The van der Waals surface area contributed by atoms with E-state index in [1.165, 1.54) is 12.8 Å². The van der Waals surface area contributed by atoms with Gasteiger partial charge in [0.15, 0.2) is 0 Å². The molecule has 1 heterocycles. The van der Waals surface area contributed by atoms with E-state index in [2.05, 4.69) is 23.3 Å². The van der Waals surface area contributed by atoms with Gasteiger partial charge in [-0.25, -0.2) is 4.98 Å². The minimum absolute atomic E-state index is 0.498. The zero-order chi connectivity index (χ0) is 11.9. The van der Waals surface area contributed by atoms with Crippen LogP contribution in [0.2, 0.25) is 0 Å². The summed E-state index contributed by atoms with van der Waals surface area (Å²) >= 11 is 0. The van der Waals surface area contributed by atoms with Gasteiger partial charge in [0, 0.05) is 17.6 Å². The highest BCUT2D eigenvalue weighted by Gasteiger charge is 2.36. The van der Waals surface area contributed by atoms with Gasteiger partial charge in [-0.1, -0.05) is 6.92 Å². The molecule has 0 amide bonds. The van der Waals surface area contributed by atoms with Crippen LogP contribution >= 0.6 is 0 Å². The summed E-state index contributed by atoms with van der Waals surface area (Å²) in [5, 5.41) is 4.50. The van der Waals surface area contributed by atoms with Crippen LogP contribution in [0.25, 0.3) is 10.9 Å². The topological polar surface area (TPSA) is 50.9 Å². The monoisotopic (exact) mass is 227 g/mol. The molecule has 1 aromatic heterocycles. The van der Waals surface area contributed by atoms with Crippen LogP contribution in [0.1, 0.15) is 19.8 Å². The fourth-order valence-electron chi connectivity index (χ4n) is 1.94. The van der Waals surface area contributed by atoms with Gasteiger partial charge in [-0.3, -0.25) is 0 Å². The van der Waals surface area contributed by atoms with E-state index in [1.807, 2.05) is 24.3 Å². The first-order chi connectivity index (χ1) is 8.15. The van der Waals surface area contributed by atoms with E-state index < -0.39 is 0 Å². The summed E-state index contributed by atoms with van der Waals surface area (Å²) in [6.45, 7) is 3.32. The van der Waals surface area contributed by atoms with Gasteiger partial charge in [0.25, 0.3) is 0 Å². The third kappa shape index (κ3) is 2.18. The maximum atomic E-state index is 5.74. The quantitative estimate of drug-likeness (QED) is 0.792. The Morgan fingerprint density at radius 3 is 2.88 bits per heavy atom. The number of benzene rings is 1. The third-order valence-electron chi connectivity index (χ3n) is 3.51. The number of hydrogen-bond donors (Lipinski definition) is 2. The average Bonchev–Trinajstić information content (AvgIpc) is 3.05. The second-order valence-corrected chi connectivity index (χ2v) is 5.31. The molecule has 0 unspecified atom stereocenters. The van der Waals surface area contributed by atoms with Crippen molar-refractivity contribution in [2.24, 2.45) is 5.41 Å². The Morgan fingerprint density at radius 2 is 2.12 bits per heavy atom. The molecule has 0 aliphatic heterocycles. The van der Waals surface area contributed by atoms with E-state index in [1.54, 1.807) is 0 Å². The molecule has 1 aromatic carbocycles. The Bertz CT molecular complexity index is 558. The van der Waals surface area contributed by atoms with Gasteiger partial charge >= 0.3 is 0 Å². The molecule has 0 atom stereocenters. The standard InChI is InChI=1S/C14H17N3/c1-14(6-7-14)9-16-13-5-2-10-8-11(15)3-4-12(10)17-13/h2-5,8H,6-7,9,15H2,1H3,(H,16,17). The van der Waals surface area contributed by atoms with Crippen LogP contribution in [0, 0.1) is 5.41 Å². The van der Waals surface area contributed by atoms with Gasteiger partial charge in [-0.15, -0.1) is 0 Å². The van der Waals surface area contributed by atoms with Crippen molar-refractivity contribution < 1.29 is 0 Å². The van der Waals surface area contributed by atoms with Crippen molar-refractivity contribution in [3.8, 4) is 0 Å². The summed E-state index contributed by atoms with van der Waals surface area (Å²) in [4.78, 5) is 4.58. The third-order valence-corrected chi connectivity index (χ3v) is 3.51. The molecule has 0 bridgehead atoms. The second kappa shape index (κ2) is 3.62. The summed E-state index contributed by atoms with van der Waals surface area (Å²) in [5.41, 5.74) is 8.01. The fourth-order valence-corrected chi connectivity index (χ4v) is 1.94. The summed E-state index contributed by atoms with van der Waals surface area (Å²) in [6, 6.07) is 9.90. The largest absolute Gasteiger partial charge is 0.399 e. The first-order valence-electron chi connectivity index (χ1n) is 6.05. The molecule has 3 nitrogen and oxygen atoms in total. The number of nitrogens with one attached hydrogen (secondary N) is 1. The Kier molecular flexibility index (Phi) is 2.21. The maximum absolute atomic E-state index is 5.74. The first-order valence-corrected chi connectivity index (χ1v) is 6.05. The Balaban J connectivity index is 1.83. The number of nitrogens with zero attached hydrogens (tertiary/aromatic N) is 1. The van der Waals surface area contributed by atoms with E-state index in [9.17, 15) is 0 Å². The van der Waals surface area contributed by atoms with Gasteiger partial charge in [0.1, 0.15) is 5.82 Å². The Hall–Kier alpha value is -1.77. The molecule has 1 saturated carbocycles. The number of aromatic nitrogens is 1. The zero-order valence-electron chi connectivity index (χ0n) is 10.0. The smallest absolute Gasteiger partial charge is 0.126 e. The number of nitrogens with two attached hydrogens (primary N) is 1. The van der Waals surface area contributed by atoms with Gasteiger partial charge in [-0.05, 0) is 48.6 Å². The van der Waals surface area contributed by atoms with Gasteiger partial charge < -0.3 is 11.1 Å². The van der Waals surface area contributed by atoms with Gasteiger partial charge in [0.05, 0.1) is 5.52 Å². The molecular formula is C14H17N3. The summed E-state index contributed by atoms with van der Waals surface area (Å²) < 4.78 is 0. The van der Waals surface area contributed by atoms with Crippen LogP contribution in [-0.2, 0) is 0 Å². The molecule has 1 aliphatic rings. The lowest BCUT2D eigenvalue weighted by molar-refractivity contribution is 0.609. The highest BCUT2D eigenvalue weighted by molar-refractivity contribution is 5.83. The fraction of sp³-hybridized carbons (Fsp3) is 0.357. The van der Waals surface area contributed by atoms with E-state index in [0.29, 0.717) is 5.41 Å². The number of anilines is 2. The molecule has 2 aromatic rings. The molecule has 3 N–H and O–H groups in total. The van der Waals surface area contributed by atoms with Crippen molar-refractivity contribution in [3.05, 3.63) is 30.3 Å². The minimum Gasteiger partial charge on any atom is -0.399 e. The molecular weight excluding hydrogens is 210 g/mol. The maximum Gasteiger partial charge on any atom is 0.126 e. The van der Waals surface area contributed by atoms with Crippen LogP contribution in [0.4, 0.5) is 11.5 Å². The normalized spacial score (nSPS) is 17.0. The summed E-state index contributed by atoms with van der Waals surface area (Å²) in [7, 11) is 0. The second-order valence-electron chi connectivity index (χ2n) is 5.31. The molecule has 1 aliphatic carbocycles. The molecule has 3 heteroatoms. The van der Waals surface area contributed by atoms with Crippen molar-refractivity contribution in [2.45, 2.75) is 19.8 Å². The molecule has 88 valence electrons. The average molecular weight is 227 g/mol. The molecule has 0 radical (unpaired) electrons. The Morgan fingerprint density at radius 1 is 1.29 bits per heavy atom. The van der Waals surface area contributed by atoms with E-state index in [4.69, 9.17) is 5.73 Å². The lowest BCUT2D eigenvalue weighted by Gasteiger charge is -2.11. The molecule has 0 saturated heterocycles. The molecule has 0 spiro atoms. The highest BCUT2D eigenvalue weighted by Crippen LogP contribution is 2.44. The SMILES string of the molecule is CC1(CNc2ccc3cc(N)ccc3n2)CC1. The van der Waals surface area contributed by atoms with Crippen molar-refractivity contribution >= 4 is 22.4 Å². The number of hydrogen-bond acceptors (Lipinski definition) is 3. The number of rotatable bonds is 3. The highest BCUT2D eigenvalue weighted by atomic mass is 15.0. The van der Waals surface area contributed by atoms with Crippen LogP contribution in [-0.4, -0.2) is 11.5 Å².